The molecule has 82 valence electrons. The van der Waals surface area contributed by atoms with E-state index in [-0.39, 0.29) is 11.9 Å². The predicted molar refractivity (Wildman–Crippen MR) is 57.2 cm³/mol. The van der Waals surface area contributed by atoms with Gasteiger partial charge in [0, 0.05) is 0 Å². The van der Waals surface area contributed by atoms with Gasteiger partial charge < -0.3 is 4.74 Å². The van der Waals surface area contributed by atoms with E-state index in [0.29, 0.717) is 10.8 Å². The van der Waals surface area contributed by atoms with Gasteiger partial charge >= 0.3 is 5.97 Å². The fourth-order valence-corrected chi connectivity index (χ4v) is 4.41. The SMILES string of the molecule is COC(=O)C1C23CC=CCC12CCCC3. The van der Waals surface area contributed by atoms with Crippen LogP contribution in [0.3, 0.4) is 0 Å². The first-order valence-corrected chi connectivity index (χ1v) is 6.00. The van der Waals surface area contributed by atoms with Gasteiger partial charge in [0.1, 0.15) is 0 Å². The summed E-state index contributed by atoms with van der Waals surface area (Å²) in [7, 11) is 1.53. The molecule has 0 aliphatic heterocycles. The van der Waals surface area contributed by atoms with Crippen molar-refractivity contribution in [2.75, 3.05) is 7.11 Å². The summed E-state index contributed by atoms with van der Waals surface area (Å²) in [4.78, 5) is 11.8. The Kier molecular flexibility index (Phi) is 1.80. The van der Waals surface area contributed by atoms with Crippen LogP contribution in [0.1, 0.15) is 38.5 Å². The van der Waals surface area contributed by atoms with Crippen LogP contribution >= 0.6 is 0 Å². The zero-order valence-electron chi connectivity index (χ0n) is 9.29. The molecule has 3 rings (SSSR count). The maximum absolute atomic E-state index is 11.8. The smallest absolute Gasteiger partial charge is 0.309 e. The molecule has 2 fully saturated rings. The molecular formula is C13H18O2. The van der Waals surface area contributed by atoms with Gasteiger partial charge in [0.15, 0.2) is 0 Å². The molecule has 15 heavy (non-hydrogen) atoms. The lowest BCUT2D eigenvalue weighted by Gasteiger charge is -2.31. The van der Waals surface area contributed by atoms with Crippen molar-refractivity contribution in [3.8, 4) is 0 Å². The van der Waals surface area contributed by atoms with E-state index in [9.17, 15) is 4.79 Å². The number of esters is 1. The highest BCUT2D eigenvalue weighted by Gasteiger charge is 2.78. The largest absolute Gasteiger partial charge is 0.469 e. The van der Waals surface area contributed by atoms with Crippen LogP contribution < -0.4 is 0 Å². The van der Waals surface area contributed by atoms with Crippen LogP contribution in [0.5, 0.6) is 0 Å². The van der Waals surface area contributed by atoms with Crippen LogP contribution in [0.4, 0.5) is 0 Å². The molecule has 2 atom stereocenters. The second kappa shape index (κ2) is 2.87. The first kappa shape index (κ1) is 9.44. The highest BCUT2D eigenvalue weighted by Crippen LogP contribution is 2.80. The van der Waals surface area contributed by atoms with Crippen molar-refractivity contribution in [1.82, 2.24) is 0 Å². The lowest BCUT2D eigenvalue weighted by molar-refractivity contribution is -0.143. The number of rotatable bonds is 1. The number of methoxy groups -OCH3 is 1. The van der Waals surface area contributed by atoms with Gasteiger partial charge in [0.2, 0.25) is 0 Å². The van der Waals surface area contributed by atoms with Crippen LogP contribution in [0.25, 0.3) is 0 Å². The standard InChI is InChI=1S/C13H18O2/c1-15-11(14)10-12-6-2-3-7-13(10,12)9-5-4-8-12/h2-3,10H,4-9H2,1H3. The summed E-state index contributed by atoms with van der Waals surface area (Å²) in [6, 6.07) is 0. The maximum Gasteiger partial charge on any atom is 0.309 e. The third-order valence-corrected chi connectivity index (χ3v) is 5.08. The summed E-state index contributed by atoms with van der Waals surface area (Å²) < 4.78 is 4.98. The molecule has 2 saturated carbocycles. The Morgan fingerprint density at radius 3 is 2.20 bits per heavy atom. The summed E-state index contributed by atoms with van der Waals surface area (Å²) in [5, 5.41) is 0. The Balaban J connectivity index is 1.96. The minimum Gasteiger partial charge on any atom is -0.469 e. The average Bonchev–Trinajstić information content (AvgIpc) is 2.92. The van der Waals surface area contributed by atoms with Gasteiger partial charge in [-0.1, -0.05) is 25.0 Å². The highest BCUT2D eigenvalue weighted by molar-refractivity contribution is 5.79. The number of allylic oxidation sites excluding steroid dienone is 2. The van der Waals surface area contributed by atoms with E-state index in [1.54, 1.807) is 0 Å². The van der Waals surface area contributed by atoms with E-state index >= 15 is 0 Å². The fraction of sp³-hybridized carbons (Fsp3) is 0.769. The molecule has 0 aromatic heterocycles. The van der Waals surface area contributed by atoms with E-state index in [1.165, 1.54) is 32.8 Å². The Hall–Kier alpha value is -0.790. The van der Waals surface area contributed by atoms with Crippen molar-refractivity contribution >= 4 is 5.97 Å². The Bertz CT molecular complexity index is 309. The van der Waals surface area contributed by atoms with Crippen LogP contribution in [0.2, 0.25) is 0 Å². The van der Waals surface area contributed by atoms with E-state index in [4.69, 9.17) is 4.74 Å². The first-order chi connectivity index (χ1) is 7.27. The van der Waals surface area contributed by atoms with Gasteiger partial charge in [-0.2, -0.15) is 0 Å². The molecule has 0 heterocycles. The zero-order valence-corrected chi connectivity index (χ0v) is 9.29. The maximum atomic E-state index is 11.8. The molecule has 2 nitrogen and oxygen atoms in total. The fourth-order valence-electron chi connectivity index (χ4n) is 4.41. The van der Waals surface area contributed by atoms with Crippen LogP contribution in [-0.2, 0) is 9.53 Å². The highest BCUT2D eigenvalue weighted by atomic mass is 16.5. The van der Waals surface area contributed by atoms with Crippen molar-refractivity contribution < 1.29 is 9.53 Å². The van der Waals surface area contributed by atoms with Gasteiger partial charge in [-0.3, -0.25) is 4.79 Å². The number of hydrogen-bond donors (Lipinski definition) is 0. The Morgan fingerprint density at radius 1 is 1.20 bits per heavy atom. The molecule has 0 N–H and O–H groups in total. The molecule has 0 radical (unpaired) electrons. The van der Waals surface area contributed by atoms with Gasteiger partial charge in [-0.15, -0.1) is 0 Å². The summed E-state index contributed by atoms with van der Waals surface area (Å²) in [5.41, 5.74) is 0.597. The molecule has 2 heteroatoms. The molecule has 3 aliphatic carbocycles. The molecule has 0 spiro atoms. The quantitative estimate of drug-likeness (QED) is 0.487. The molecule has 3 aliphatic rings. The number of ether oxygens (including phenoxy) is 1. The van der Waals surface area contributed by atoms with Crippen molar-refractivity contribution in [2.45, 2.75) is 38.5 Å². The van der Waals surface area contributed by atoms with Gasteiger partial charge in [-0.05, 0) is 36.5 Å². The van der Waals surface area contributed by atoms with Crippen molar-refractivity contribution in [2.24, 2.45) is 16.7 Å². The van der Waals surface area contributed by atoms with Crippen LogP contribution in [-0.4, -0.2) is 13.1 Å². The van der Waals surface area contributed by atoms with Gasteiger partial charge in [0.25, 0.3) is 0 Å². The Labute approximate surface area is 90.7 Å². The molecule has 0 saturated heterocycles. The van der Waals surface area contributed by atoms with Gasteiger partial charge in [-0.25, -0.2) is 0 Å². The van der Waals surface area contributed by atoms with Gasteiger partial charge in [0.05, 0.1) is 13.0 Å². The molecule has 0 bridgehead atoms. The predicted octanol–water partition coefficient (Wildman–Crippen LogP) is 2.69. The summed E-state index contributed by atoms with van der Waals surface area (Å²) >= 11 is 0. The third kappa shape index (κ3) is 0.932. The van der Waals surface area contributed by atoms with Crippen molar-refractivity contribution in [3.63, 3.8) is 0 Å². The van der Waals surface area contributed by atoms with E-state index in [2.05, 4.69) is 12.2 Å². The van der Waals surface area contributed by atoms with E-state index in [1.807, 2.05) is 0 Å². The lowest BCUT2D eigenvalue weighted by Crippen LogP contribution is -2.20. The minimum atomic E-state index is 0.0422. The monoisotopic (exact) mass is 206 g/mol. The topological polar surface area (TPSA) is 26.3 Å². The summed E-state index contributed by atoms with van der Waals surface area (Å²) in [5.74, 6) is 0.244. The molecular weight excluding hydrogens is 188 g/mol. The van der Waals surface area contributed by atoms with Crippen molar-refractivity contribution in [1.29, 1.82) is 0 Å². The van der Waals surface area contributed by atoms with Crippen LogP contribution in [0, 0.1) is 16.7 Å². The molecule has 0 aromatic carbocycles. The third-order valence-electron chi connectivity index (χ3n) is 5.08. The zero-order chi connectivity index (χ0) is 10.5. The number of carbonyl (C=O) groups excluding carboxylic acids is 1. The van der Waals surface area contributed by atoms with Crippen molar-refractivity contribution in [3.05, 3.63) is 12.2 Å². The number of carbonyl (C=O) groups is 1. The molecule has 2 unspecified atom stereocenters. The average molecular weight is 206 g/mol. The van der Waals surface area contributed by atoms with Crippen LogP contribution in [0.15, 0.2) is 12.2 Å². The number of hydrogen-bond acceptors (Lipinski definition) is 2. The van der Waals surface area contributed by atoms with E-state index < -0.39 is 0 Å². The summed E-state index contributed by atoms with van der Waals surface area (Å²) in [6.45, 7) is 0. The second-order valence-electron chi connectivity index (χ2n) is 5.36. The molecule has 0 amide bonds. The molecule has 0 aromatic rings. The lowest BCUT2D eigenvalue weighted by atomic mass is 9.73. The Morgan fingerprint density at radius 2 is 1.73 bits per heavy atom. The minimum absolute atomic E-state index is 0.0422. The second-order valence-corrected chi connectivity index (χ2v) is 5.36. The first-order valence-electron chi connectivity index (χ1n) is 6.00. The normalized spacial score (nSPS) is 46.6. The van der Waals surface area contributed by atoms with E-state index in [0.717, 1.165) is 12.8 Å². The summed E-state index contributed by atoms with van der Waals surface area (Å²) in [6.07, 6.45) is 11.8.